The third-order valence-electron chi connectivity index (χ3n) is 5.10. The Balaban J connectivity index is 1.56. The van der Waals surface area contributed by atoms with Gasteiger partial charge in [-0.3, -0.25) is 9.59 Å². The van der Waals surface area contributed by atoms with Gasteiger partial charge in [-0.25, -0.2) is 13.1 Å². The molecule has 0 atom stereocenters. The van der Waals surface area contributed by atoms with Crippen LogP contribution in [-0.2, 0) is 14.8 Å². The van der Waals surface area contributed by atoms with E-state index in [2.05, 4.69) is 10.0 Å². The molecule has 4 rings (SSSR count). The monoisotopic (exact) mass is 429 g/mol. The van der Waals surface area contributed by atoms with Crippen molar-refractivity contribution in [3.05, 3.63) is 48.0 Å². The zero-order valence-corrected chi connectivity index (χ0v) is 17.4. The first-order valence-corrected chi connectivity index (χ1v) is 11.3. The molecule has 1 aliphatic carbocycles. The maximum atomic E-state index is 12.8. The van der Waals surface area contributed by atoms with Gasteiger partial charge in [-0.15, -0.1) is 0 Å². The van der Waals surface area contributed by atoms with Gasteiger partial charge in [0.25, 0.3) is 5.91 Å². The van der Waals surface area contributed by atoms with Gasteiger partial charge in [-0.05, 0) is 55.7 Å². The van der Waals surface area contributed by atoms with Gasteiger partial charge in [-0.2, -0.15) is 0 Å². The smallest absolute Gasteiger partial charge is 0.255 e. The summed E-state index contributed by atoms with van der Waals surface area (Å²) in [5, 5.41) is 2.77. The van der Waals surface area contributed by atoms with Gasteiger partial charge in [0.05, 0.1) is 7.11 Å². The molecule has 2 aromatic carbocycles. The summed E-state index contributed by atoms with van der Waals surface area (Å²) in [5.41, 5.74) is 1.44. The van der Waals surface area contributed by atoms with Gasteiger partial charge in [0.2, 0.25) is 15.9 Å². The van der Waals surface area contributed by atoms with E-state index in [4.69, 9.17) is 4.74 Å². The van der Waals surface area contributed by atoms with Crippen molar-refractivity contribution in [2.75, 3.05) is 23.9 Å². The van der Waals surface area contributed by atoms with Crippen molar-refractivity contribution in [3.8, 4) is 5.75 Å². The van der Waals surface area contributed by atoms with Crippen LogP contribution >= 0.6 is 0 Å². The Bertz CT molecular complexity index is 1100. The van der Waals surface area contributed by atoms with E-state index < -0.39 is 15.9 Å². The lowest BCUT2D eigenvalue weighted by Gasteiger charge is -2.17. The average molecular weight is 429 g/mol. The summed E-state index contributed by atoms with van der Waals surface area (Å²) in [6, 6.07) is 11.3. The highest BCUT2D eigenvalue weighted by Crippen LogP contribution is 2.29. The Morgan fingerprint density at radius 2 is 1.97 bits per heavy atom. The molecule has 1 heterocycles. The van der Waals surface area contributed by atoms with Crippen LogP contribution < -0.4 is 19.7 Å². The second-order valence-electron chi connectivity index (χ2n) is 7.41. The normalized spacial score (nSPS) is 16.6. The lowest BCUT2D eigenvalue weighted by molar-refractivity contribution is -0.117. The molecule has 0 unspecified atom stereocenters. The van der Waals surface area contributed by atoms with Crippen LogP contribution in [0.5, 0.6) is 5.75 Å². The maximum absolute atomic E-state index is 12.8. The number of rotatable bonds is 7. The number of sulfonamides is 1. The number of carbonyl (C=O) groups is 2. The van der Waals surface area contributed by atoms with Crippen LogP contribution in [0.15, 0.2) is 47.4 Å². The molecule has 1 aliphatic heterocycles. The molecular formula is C21H23N3O5S. The molecule has 8 nitrogen and oxygen atoms in total. The summed E-state index contributed by atoms with van der Waals surface area (Å²) in [6.45, 7) is 0.657. The first-order chi connectivity index (χ1) is 14.4. The number of anilines is 2. The minimum absolute atomic E-state index is 0.0617. The van der Waals surface area contributed by atoms with Crippen LogP contribution in [0.3, 0.4) is 0 Å². The Morgan fingerprint density at radius 3 is 2.63 bits per heavy atom. The molecular weight excluding hydrogens is 406 g/mol. The van der Waals surface area contributed by atoms with E-state index in [9.17, 15) is 18.0 Å². The fourth-order valence-electron chi connectivity index (χ4n) is 3.39. The molecule has 1 saturated carbocycles. The molecule has 0 radical (unpaired) electrons. The van der Waals surface area contributed by atoms with Crippen molar-refractivity contribution in [1.29, 1.82) is 0 Å². The summed E-state index contributed by atoms with van der Waals surface area (Å²) < 4.78 is 33.1. The molecule has 2 aromatic rings. The van der Waals surface area contributed by atoms with E-state index in [1.165, 1.54) is 25.3 Å². The van der Waals surface area contributed by atoms with E-state index in [1.54, 1.807) is 23.1 Å². The Morgan fingerprint density at radius 1 is 1.17 bits per heavy atom. The van der Waals surface area contributed by atoms with Crippen LogP contribution in [0.2, 0.25) is 0 Å². The fourth-order valence-corrected chi connectivity index (χ4v) is 4.89. The standard InChI is InChI=1S/C21H23N3O5S/c1-29-18-10-7-14(12-19(18)30(27,28)23-15-8-9-15)21(26)22-16-4-2-5-17(13-16)24-11-3-6-20(24)25/h2,4-5,7,10,12-13,15,23H,3,6,8-9,11H2,1H3,(H,22,26). The number of benzene rings is 2. The highest BCUT2D eigenvalue weighted by molar-refractivity contribution is 7.89. The van der Waals surface area contributed by atoms with Crippen molar-refractivity contribution in [2.45, 2.75) is 36.6 Å². The zero-order valence-electron chi connectivity index (χ0n) is 16.6. The van der Waals surface area contributed by atoms with Crippen LogP contribution in [-0.4, -0.2) is 39.9 Å². The molecule has 1 saturated heterocycles. The Labute approximate surface area is 175 Å². The summed E-state index contributed by atoms with van der Waals surface area (Å²) >= 11 is 0. The first kappa shape index (κ1) is 20.4. The van der Waals surface area contributed by atoms with Crippen LogP contribution in [0.25, 0.3) is 0 Å². The van der Waals surface area contributed by atoms with E-state index in [1.807, 2.05) is 6.07 Å². The lowest BCUT2D eigenvalue weighted by Crippen LogP contribution is -2.26. The van der Waals surface area contributed by atoms with Gasteiger partial charge >= 0.3 is 0 Å². The molecule has 2 fully saturated rings. The third kappa shape index (κ3) is 4.31. The lowest BCUT2D eigenvalue weighted by atomic mass is 10.2. The van der Waals surface area contributed by atoms with Gasteiger partial charge < -0.3 is 15.0 Å². The van der Waals surface area contributed by atoms with Crippen molar-refractivity contribution in [2.24, 2.45) is 0 Å². The number of carbonyl (C=O) groups excluding carboxylic acids is 2. The number of nitrogens with zero attached hydrogens (tertiary/aromatic N) is 1. The Kier molecular flexibility index (Phi) is 5.48. The molecule has 2 N–H and O–H groups in total. The van der Waals surface area contributed by atoms with Gasteiger partial charge in [0.15, 0.2) is 0 Å². The number of nitrogens with one attached hydrogen (secondary N) is 2. The number of amides is 2. The molecule has 2 aliphatic rings. The van der Waals surface area contributed by atoms with E-state index in [0.717, 1.165) is 24.9 Å². The maximum Gasteiger partial charge on any atom is 0.255 e. The van der Waals surface area contributed by atoms with Gasteiger partial charge in [0.1, 0.15) is 10.6 Å². The number of hydrogen-bond acceptors (Lipinski definition) is 5. The second-order valence-corrected chi connectivity index (χ2v) is 9.10. The number of ether oxygens (including phenoxy) is 1. The quantitative estimate of drug-likeness (QED) is 0.704. The van der Waals surface area contributed by atoms with Crippen LogP contribution in [0.4, 0.5) is 11.4 Å². The zero-order chi connectivity index (χ0) is 21.3. The minimum Gasteiger partial charge on any atom is -0.495 e. The van der Waals surface area contributed by atoms with E-state index in [0.29, 0.717) is 18.7 Å². The third-order valence-corrected chi connectivity index (χ3v) is 6.65. The predicted molar refractivity (Wildman–Crippen MR) is 112 cm³/mol. The SMILES string of the molecule is COc1ccc(C(=O)Nc2cccc(N3CCCC3=O)c2)cc1S(=O)(=O)NC1CC1. The molecule has 0 spiro atoms. The first-order valence-electron chi connectivity index (χ1n) is 9.79. The number of hydrogen-bond donors (Lipinski definition) is 2. The topological polar surface area (TPSA) is 105 Å². The molecule has 0 aromatic heterocycles. The largest absolute Gasteiger partial charge is 0.495 e. The second kappa shape index (κ2) is 8.08. The molecule has 0 bridgehead atoms. The summed E-state index contributed by atoms with van der Waals surface area (Å²) in [6.07, 6.45) is 2.94. The minimum atomic E-state index is -3.79. The summed E-state index contributed by atoms with van der Waals surface area (Å²) in [4.78, 5) is 26.4. The van der Waals surface area contributed by atoms with Crippen molar-refractivity contribution >= 4 is 33.2 Å². The highest BCUT2D eigenvalue weighted by atomic mass is 32.2. The highest BCUT2D eigenvalue weighted by Gasteiger charge is 2.30. The predicted octanol–water partition coefficient (Wildman–Crippen LogP) is 2.52. The van der Waals surface area contributed by atoms with Crippen molar-refractivity contribution in [3.63, 3.8) is 0 Å². The van der Waals surface area contributed by atoms with Crippen LogP contribution in [0.1, 0.15) is 36.0 Å². The molecule has 30 heavy (non-hydrogen) atoms. The van der Waals surface area contributed by atoms with Gasteiger partial charge in [0, 0.05) is 35.9 Å². The molecule has 158 valence electrons. The molecule has 2 amide bonds. The van der Waals surface area contributed by atoms with Crippen molar-refractivity contribution in [1.82, 2.24) is 4.72 Å². The van der Waals surface area contributed by atoms with E-state index >= 15 is 0 Å². The van der Waals surface area contributed by atoms with Crippen molar-refractivity contribution < 1.29 is 22.7 Å². The van der Waals surface area contributed by atoms with Gasteiger partial charge in [-0.1, -0.05) is 6.07 Å². The van der Waals surface area contributed by atoms with Crippen LogP contribution in [0, 0.1) is 0 Å². The summed E-state index contributed by atoms with van der Waals surface area (Å²) in [5.74, 6) is -0.216. The molecule has 9 heteroatoms. The van der Waals surface area contributed by atoms with E-state index in [-0.39, 0.29) is 28.2 Å². The summed E-state index contributed by atoms with van der Waals surface area (Å²) in [7, 11) is -2.41. The number of methoxy groups -OCH3 is 1. The Hall–Kier alpha value is -2.91. The average Bonchev–Trinajstić information content (AvgIpc) is 3.43. The fraction of sp³-hybridized carbons (Fsp3) is 0.333.